The summed E-state index contributed by atoms with van der Waals surface area (Å²) in [6.07, 6.45) is 3.82. The highest BCUT2D eigenvalue weighted by Gasteiger charge is 2.19. The molecule has 1 aromatic carbocycles. The van der Waals surface area contributed by atoms with Crippen LogP contribution in [0.3, 0.4) is 0 Å². The SMILES string of the molecule is NCCc1nnc(NC2CCc3ccccc3C2)o1. The largest absolute Gasteiger partial charge is 0.408 e. The fourth-order valence-electron chi connectivity index (χ4n) is 2.53. The van der Waals surface area contributed by atoms with Crippen molar-refractivity contribution in [1.82, 2.24) is 10.2 Å². The molecule has 0 amide bonds. The molecule has 0 bridgehead atoms. The number of rotatable bonds is 4. The Labute approximate surface area is 112 Å². The lowest BCUT2D eigenvalue weighted by Gasteiger charge is -2.24. The van der Waals surface area contributed by atoms with E-state index in [1.54, 1.807) is 0 Å². The van der Waals surface area contributed by atoms with Crippen LogP contribution in [0.25, 0.3) is 0 Å². The summed E-state index contributed by atoms with van der Waals surface area (Å²) in [5.74, 6) is 0.598. The van der Waals surface area contributed by atoms with Crippen molar-refractivity contribution < 1.29 is 4.42 Å². The maximum Gasteiger partial charge on any atom is 0.315 e. The van der Waals surface area contributed by atoms with E-state index in [-0.39, 0.29) is 0 Å². The minimum atomic E-state index is 0.362. The van der Waals surface area contributed by atoms with Gasteiger partial charge in [-0.1, -0.05) is 29.4 Å². The third-order valence-electron chi connectivity index (χ3n) is 3.50. The molecule has 1 aromatic heterocycles. The Hall–Kier alpha value is -1.88. The molecule has 5 nitrogen and oxygen atoms in total. The zero-order chi connectivity index (χ0) is 13.1. The summed E-state index contributed by atoms with van der Waals surface area (Å²) in [5, 5.41) is 11.3. The topological polar surface area (TPSA) is 77.0 Å². The standard InChI is InChI=1S/C14H18N4O/c15-8-7-13-17-18-14(19-13)16-12-6-5-10-3-1-2-4-11(10)9-12/h1-4,12H,5-9,15H2,(H,16,18). The lowest BCUT2D eigenvalue weighted by Crippen LogP contribution is -2.27. The van der Waals surface area contributed by atoms with Crippen LogP contribution >= 0.6 is 0 Å². The number of nitrogens with one attached hydrogen (secondary N) is 1. The Kier molecular flexibility index (Phi) is 3.46. The van der Waals surface area contributed by atoms with Gasteiger partial charge in [0.1, 0.15) is 0 Å². The monoisotopic (exact) mass is 258 g/mol. The number of nitrogens with two attached hydrogens (primary N) is 1. The van der Waals surface area contributed by atoms with Crippen LogP contribution in [0.4, 0.5) is 6.01 Å². The summed E-state index contributed by atoms with van der Waals surface area (Å²) in [6.45, 7) is 0.526. The van der Waals surface area contributed by atoms with Gasteiger partial charge in [-0.3, -0.25) is 0 Å². The van der Waals surface area contributed by atoms with E-state index in [9.17, 15) is 0 Å². The van der Waals surface area contributed by atoms with Crippen molar-refractivity contribution in [2.45, 2.75) is 31.7 Å². The number of hydrogen-bond donors (Lipinski definition) is 2. The van der Waals surface area contributed by atoms with Crippen LogP contribution in [0, 0.1) is 0 Å². The third-order valence-corrected chi connectivity index (χ3v) is 3.50. The molecule has 3 N–H and O–H groups in total. The first-order valence-electron chi connectivity index (χ1n) is 6.71. The van der Waals surface area contributed by atoms with Gasteiger partial charge in [-0.15, -0.1) is 5.10 Å². The molecule has 100 valence electrons. The van der Waals surface area contributed by atoms with Gasteiger partial charge in [-0.05, 0) is 30.4 Å². The Bertz CT molecular complexity index is 552. The molecular weight excluding hydrogens is 240 g/mol. The summed E-state index contributed by atoms with van der Waals surface area (Å²) in [6, 6.07) is 9.46. The van der Waals surface area contributed by atoms with Gasteiger partial charge < -0.3 is 15.5 Å². The van der Waals surface area contributed by atoms with Crippen molar-refractivity contribution in [2.75, 3.05) is 11.9 Å². The van der Waals surface area contributed by atoms with Crippen LogP contribution in [0.2, 0.25) is 0 Å². The fraction of sp³-hybridized carbons (Fsp3) is 0.429. The number of aromatic nitrogens is 2. The Balaban J connectivity index is 1.65. The first-order chi connectivity index (χ1) is 9.35. The summed E-state index contributed by atoms with van der Waals surface area (Å²) < 4.78 is 5.50. The van der Waals surface area contributed by atoms with E-state index in [2.05, 4.69) is 39.8 Å². The average molecular weight is 258 g/mol. The number of hydrogen-bond acceptors (Lipinski definition) is 5. The molecule has 19 heavy (non-hydrogen) atoms. The van der Waals surface area contributed by atoms with Crippen LogP contribution in [0.15, 0.2) is 28.7 Å². The summed E-state index contributed by atoms with van der Waals surface area (Å²) in [4.78, 5) is 0. The van der Waals surface area contributed by atoms with E-state index >= 15 is 0 Å². The van der Waals surface area contributed by atoms with Gasteiger partial charge in [0, 0.05) is 19.0 Å². The molecule has 0 fully saturated rings. The molecule has 1 aliphatic rings. The second-order valence-electron chi connectivity index (χ2n) is 4.89. The Morgan fingerprint density at radius 1 is 1.26 bits per heavy atom. The molecule has 0 saturated carbocycles. The Morgan fingerprint density at radius 3 is 2.95 bits per heavy atom. The van der Waals surface area contributed by atoms with Gasteiger partial charge in [-0.25, -0.2) is 0 Å². The molecule has 0 radical (unpaired) electrons. The van der Waals surface area contributed by atoms with Gasteiger partial charge in [0.15, 0.2) is 0 Å². The smallest absolute Gasteiger partial charge is 0.315 e. The van der Waals surface area contributed by atoms with Crippen molar-refractivity contribution in [1.29, 1.82) is 0 Å². The molecule has 1 unspecified atom stereocenters. The van der Waals surface area contributed by atoms with E-state index in [1.165, 1.54) is 11.1 Å². The maximum atomic E-state index is 5.50. The molecule has 2 aromatic rings. The van der Waals surface area contributed by atoms with Crippen molar-refractivity contribution in [3.8, 4) is 0 Å². The molecule has 1 aliphatic carbocycles. The van der Waals surface area contributed by atoms with Gasteiger partial charge in [0.2, 0.25) is 5.89 Å². The highest BCUT2D eigenvalue weighted by Crippen LogP contribution is 2.23. The quantitative estimate of drug-likeness (QED) is 0.870. The molecule has 0 spiro atoms. The van der Waals surface area contributed by atoms with Crippen molar-refractivity contribution >= 4 is 6.01 Å². The summed E-state index contributed by atoms with van der Waals surface area (Å²) in [5.41, 5.74) is 8.32. The molecular formula is C14H18N4O. The molecule has 1 heterocycles. The molecule has 3 rings (SSSR count). The van der Waals surface area contributed by atoms with E-state index in [0.29, 0.717) is 30.9 Å². The normalized spacial score (nSPS) is 18.1. The lowest BCUT2D eigenvalue weighted by molar-refractivity contribution is 0.491. The number of fused-ring (bicyclic) bond motifs is 1. The maximum absolute atomic E-state index is 5.50. The lowest BCUT2D eigenvalue weighted by atomic mass is 9.88. The van der Waals surface area contributed by atoms with E-state index in [0.717, 1.165) is 19.3 Å². The van der Waals surface area contributed by atoms with Crippen molar-refractivity contribution in [2.24, 2.45) is 5.73 Å². The average Bonchev–Trinajstić information content (AvgIpc) is 2.86. The molecule has 0 aliphatic heterocycles. The zero-order valence-corrected chi connectivity index (χ0v) is 10.8. The molecule has 1 atom stereocenters. The Morgan fingerprint density at radius 2 is 2.11 bits per heavy atom. The van der Waals surface area contributed by atoms with E-state index in [1.807, 2.05) is 0 Å². The van der Waals surface area contributed by atoms with Crippen LogP contribution in [-0.2, 0) is 19.3 Å². The number of benzene rings is 1. The predicted octanol–water partition coefficient (Wildman–Crippen LogP) is 1.54. The minimum absolute atomic E-state index is 0.362. The zero-order valence-electron chi connectivity index (χ0n) is 10.8. The van der Waals surface area contributed by atoms with Gasteiger partial charge >= 0.3 is 6.01 Å². The van der Waals surface area contributed by atoms with Crippen molar-refractivity contribution in [3.05, 3.63) is 41.3 Å². The molecule has 0 saturated heterocycles. The second kappa shape index (κ2) is 5.40. The summed E-state index contributed by atoms with van der Waals surface area (Å²) >= 11 is 0. The first kappa shape index (κ1) is 12.2. The first-order valence-corrected chi connectivity index (χ1v) is 6.71. The predicted molar refractivity (Wildman–Crippen MR) is 72.9 cm³/mol. The van der Waals surface area contributed by atoms with Gasteiger partial charge in [0.25, 0.3) is 0 Å². The minimum Gasteiger partial charge on any atom is -0.408 e. The number of aryl methyl sites for hydroxylation is 1. The summed E-state index contributed by atoms with van der Waals surface area (Å²) in [7, 11) is 0. The van der Waals surface area contributed by atoms with Gasteiger partial charge in [-0.2, -0.15) is 0 Å². The molecule has 5 heteroatoms. The fourth-order valence-corrected chi connectivity index (χ4v) is 2.53. The second-order valence-corrected chi connectivity index (χ2v) is 4.89. The number of nitrogens with zero attached hydrogens (tertiary/aromatic N) is 2. The van der Waals surface area contributed by atoms with Crippen LogP contribution < -0.4 is 11.1 Å². The van der Waals surface area contributed by atoms with E-state index in [4.69, 9.17) is 10.2 Å². The van der Waals surface area contributed by atoms with Crippen LogP contribution in [0.5, 0.6) is 0 Å². The van der Waals surface area contributed by atoms with Gasteiger partial charge in [0.05, 0.1) is 0 Å². The van der Waals surface area contributed by atoms with E-state index < -0.39 is 0 Å². The third kappa shape index (κ3) is 2.76. The highest BCUT2D eigenvalue weighted by molar-refractivity contribution is 5.33. The van der Waals surface area contributed by atoms with Crippen LogP contribution in [0.1, 0.15) is 23.4 Å². The van der Waals surface area contributed by atoms with Crippen LogP contribution in [-0.4, -0.2) is 22.8 Å². The van der Waals surface area contributed by atoms with Crippen molar-refractivity contribution in [3.63, 3.8) is 0 Å². The highest BCUT2D eigenvalue weighted by atomic mass is 16.4. The number of anilines is 1.